The molecule has 17 N–H and O–H groups in total. The lowest BCUT2D eigenvalue weighted by Gasteiger charge is -2.75. The van der Waals surface area contributed by atoms with E-state index < -0.39 is 117 Å². The van der Waals surface area contributed by atoms with Gasteiger partial charge in [0.05, 0.1) is 6.61 Å². The van der Waals surface area contributed by atoms with E-state index in [9.17, 15) is 55.5 Å². The minimum Gasteiger partial charge on any atom is -0.508 e. The third-order valence-corrected chi connectivity index (χ3v) is 19.6. The maximum Gasteiger partial charge on any atom is 0.336 e. The molecule has 2 aromatic heterocycles. The van der Waals surface area contributed by atoms with E-state index in [1.165, 1.54) is 42.5 Å². The Hall–Kier alpha value is -7.90. The fraction of sp³-hybridized carbons (Fsp3) is 0.377. The van der Waals surface area contributed by atoms with Crippen molar-refractivity contribution in [1.29, 1.82) is 0 Å². The number of aliphatic carboxylic acids is 1. The average Bonchev–Trinajstić information content (AvgIpc) is 1.61. The average molecular weight is 1140 g/mol. The highest BCUT2D eigenvalue weighted by Crippen LogP contribution is 2.86. The van der Waals surface area contributed by atoms with Gasteiger partial charge < -0.3 is 96.4 Å². The number of ether oxygens (including phenoxy) is 4. The number of carbonyl (C=O) groups is 1. The van der Waals surface area contributed by atoms with Crippen LogP contribution < -0.4 is 47.1 Å². The van der Waals surface area contributed by atoms with Crippen molar-refractivity contribution >= 4 is 22.8 Å². The number of nitrogens with one attached hydrogen (secondary N) is 4. The van der Waals surface area contributed by atoms with Crippen LogP contribution in [-0.2, 0) is 16.0 Å². The Morgan fingerprint density at radius 1 is 0.964 bits per heavy atom. The molecule has 5 heterocycles. The number of hydrogen-bond donors (Lipinski definition) is 15. The van der Waals surface area contributed by atoms with Gasteiger partial charge in [0, 0.05) is 82.0 Å². The van der Waals surface area contributed by atoms with Gasteiger partial charge in [-0.25, -0.2) is 4.79 Å². The molecule has 22 nitrogen and oxygen atoms in total. The number of nitrogen functional groups attached to an aromatic ring is 1. The molecule has 3 aliphatic heterocycles. The standard InChI is InChI=1S/C61H62N6O16/c1-2-28-17-31(19-33(69)18-28)53(75)82-49-40(21-39-45(48(49)72)37(70)20-38(80-39)29-3-5-34(6-4-29)79-41(26-68)47(71)36-7-8-44(62)67-36)81-55-59(77)23-42-58(43-25-64-27-66-43,61(78,54(59)76)50(83-55)52(73)74)22-32-10-13-56-12-9-30-24-65-51(63)35-11-14-57(32,16-15-56)60(42,56)46(30)35/h3-14,17-21,23,32,41,43,47,50,53-55,64-69,71-72,75-78H,2,15-16,22,24-27,62-63H2,1H3,(H,73,74)/t32-,41+,43+,47+,50+,53+,54-,55+,56-,57-,58+,59+,60+,61-/m0/s1. The number of aryl methyl sites for hydroxylation is 1. The Kier molecular flexibility index (Phi) is 11.7. The number of aromatic nitrogens is 1. The quantitative estimate of drug-likeness (QED) is 0.0561. The van der Waals surface area contributed by atoms with Crippen LogP contribution in [0.1, 0.15) is 55.4 Å². The highest BCUT2D eigenvalue weighted by Gasteiger charge is 2.86. The van der Waals surface area contributed by atoms with Crippen molar-refractivity contribution in [2.24, 2.45) is 33.3 Å². The number of phenolic OH excluding ortho intramolecular Hbond substituents is 2. The van der Waals surface area contributed by atoms with Gasteiger partial charge in [-0.2, -0.15) is 0 Å². The van der Waals surface area contributed by atoms with Gasteiger partial charge in [-0.05, 0) is 115 Å². The molecule has 14 rings (SSSR count). The highest BCUT2D eigenvalue weighted by atomic mass is 16.7. The summed E-state index contributed by atoms with van der Waals surface area (Å²) in [7, 11) is 0. The lowest BCUT2D eigenvalue weighted by molar-refractivity contribution is -0.365. The number of aromatic hydroxyl groups is 2. The Labute approximate surface area is 473 Å². The molecule has 5 aromatic rings. The summed E-state index contributed by atoms with van der Waals surface area (Å²) in [5.74, 6) is -3.58. The molecule has 2 saturated heterocycles. The first-order valence-electron chi connectivity index (χ1n) is 27.7. The monoisotopic (exact) mass is 1130 g/mol. The number of dihydropyridines is 1. The lowest BCUT2D eigenvalue weighted by Crippen LogP contribution is -2.86. The first-order valence-corrected chi connectivity index (χ1v) is 27.7. The first kappa shape index (κ1) is 53.1. The summed E-state index contributed by atoms with van der Waals surface area (Å²) in [6.07, 6.45) is 4.81. The third-order valence-electron chi connectivity index (χ3n) is 19.6. The molecule has 3 aromatic carbocycles. The summed E-state index contributed by atoms with van der Waals surface area (Å²) >= 11 is 0. The van der Waals surface area contributed by atoms with Gasteiger partial charge in [-0.1, -0.05) is 43.4 Å². The van der Waals surface area contributed by atoms with E-state index in [1.54, 1.807) is 18.2 Å². The second kappa shape index (κ2) is 18.3. The lowest BCUT2D eigenvalue weighted by atomic mass is 9.29. The molecule has 0 radical (unpaired) electrons. The van der Waals surface area contributed by atoms with Crippen LogP contribution in [0, 0.1) is 27.6 Å². The number of anilines is 1. The largest absolute Gasteiger partial charge is 0.508 e. The number of nitrogens with two attached hydrogens (primary N) is 2. The number of fused-ring (bicyclic) bond motifs is 5. The van der Waals surface area contributed by atoms with Gasteiger partial charge in [-0.15, -0.1) is 0 Å². The van der Waals surface area contributed by atoms with Crippen LogP contribution in [0.4, 0.5) is 5.82 Å². The number of aliphatic hydroxyl groups is 6. The van der Waals surface area contributed by atoms with Crippen molar-refractivity contribution in [1.82, 2.24) is 20.9 Å². The van der Waals surface area contributed by atoms with Gasteiger partial charge in [0.25, 0.3) is 0 Å². The van der Waals surface area contributed by atoms with Gasteiger partial charge in [0.15, 0.2) is 34.7 Å². The van der Waals surface area contributed by atoms with E-state index in [0.29, 0.717) is 59.8 Å². The summed E-state index contributed by atoms with van der Waals surface area (Å²) in [6, 6.07) is 14.9. The zero-order chi connectivity index (χ0) is 57.9. The number of benzene rings is 3. The van der Waals surface area contributed by atoms with Crippen LogP contribution in [-0.4, -0.2) is 125 Å². The topological polar surface area (TPSA) is 370 Å². The maximum absolute atomic E-state index is 14.3. The third kappa shape index (κ3) is 6.97. The molecule has 4 fully saturated rings. The van der Waals surface area contributed by atoms with E-state index in [4.69, 9.17) is 34.8 Å². The normalized spacial score (nSPS) is 34.2. The molecule has 14 atom stereocenters. The van der Waals surface area contributed by atoms with Crippen LogP contribution in [0.3, 0.4) is 0 Å². The SMILES string of the molecule is CCc1cc(O)cc([C@H](O)Oc2c(O[C@@H]3O[C@H](C(=O)O)[C@]4(O)[C@@H](O)[C@]3(O)C=C3[C@@]56C7=C8C=C[C@@]59C=C[C@@H](C[C@]34[C@H]3CNCN3)[C@]6(C=CC7=C(N)NC8)CC9)cc3oc(-c4ccc(O[C@H](CO)[C@H](O)c5ccc(N)[nH]5)cc4)cc(=O)c3c2O)c1. The number of aromatic amines is 1. The van der Waals surface area contributed by atoms with Crippen molar-refractivity contribution in [3.63, 3.8) is 0 Å². The smallest absolute Gasteiger partial charge is 0.336 e. The number of phenols is 2. The van der Waals surface area contributed by atoms with E-state index in [0.717, 1.165) is 28.9 Å². The molecule has 22 heteroatoms. The summed E-state index contributed by atoms with van der Waals surface area (Å²) in [6.45, 7) is 2.12. The maximum atomic E-state index is 14.3. The fourth-order valence-electron chi connectivity index (χ4n) is 16.1. The Bertz CT molecular complexity index is 3840. The molecule has 6 aliphatic carbocycles. The van der Waals surface area contributed by atoms with Crippen LogP contribution >= 0.6 is 0 Å². The van der Waals surface area contributed by atoms with E-state index in [-0.39, 0.29) is 54.0 Å². The predicted molar refractivity (Wildman–Crippen MR) is 296 cm³/mol. The molecule has 6 bridgehead atoms. The molecule has 432 valence electrons. The number of rotatable bonds is 14. The highest BCUT2D eigenvalue weighted by molar-refractivity contribution is 5.90. The Morgan fingerprint density at radius 3 is 2.49 bits per heavy atom. The molecule has 83 heavy (non-hydrogen) atoms. The minimum absolute atomic E-state index is 0.0183. The number of allylic oxidation sites excluding steroid dienone is 7. The molecule has 2 saturated carbocycles. The predicted octanol–water partition coefficient (Wildman–Crippen LogP) is 2.90. The van der Waals surface area contributed by atoms with Crippen molar-refractivity contribution in [2.75, 3.05) is 32.1 Å². The zero-order valence-corrected chi connectivity index (χ0v) is 44.7. The van der Waals surface area contributed by atoms with Gasteiger partial charge >= 0.3 is 5.97 Å². The van der Waals surface area contributed by atoms with E-state index in [1.807, 2.05) is 13.0 Å². The first-order chi connectivity index (χ1) is 39.8. The van der Waals surface area contributed by atoms with Crippen LogP contribution in [0.5, 0.6) is 28.7 Å². The van der Waals surface area contributed by atoms with Crippen LogP contribution in [0.15, 0.2) is 147 Å². The number of aliphatic hydroxyl groups excluding tert-OH is 4. The van der Waals surface area contributed by atoms with Crippen LogP contribution in [0.25, 0.3) is 22.3 Å². The molecule has 9 aliphatic rings. The number of H-pyrrole nitrogens is 1. The van der Waals surface area contributed by atoms with Crippen molar-refractivity contribution in [2.45, 2.75) is 86.8 Å². The van der Waals surface area contributed by atoms with E-state index in [2.05, 4.69) is 51.3 Å². The Balaban J connectivity index is 0.935. The summed E-state index contributed by atoms with van der Waals surface area (Å²) < 4.78 is 31.5. The minimum atomic E-state index is -2.85. The van der Waals surface area contributed by atoms with Gasteiger partial charge in [0.1, 0.15) is 57.7 Å². The van der Waals surface area contributed by atoms with Gasteiger partial charge in [-0.3, -0.25) is 10.1 Å². The molecule has 0 unspecified atom stereocenters. The number of carboxylic acids is 1. The van der Waals surface area contributed by atoms with Crippen LogP contribution in [0.2, 0.25) is 0 Å². The summed E-state index contributed by atoms with van der Waals surface area (Å²) in [5.41, 5.74) is 5.73. The number of hydrogen-bond acceptors (Lipinski definition) is 20. The Morgan fingerprint density at radius 2 is 1.77 bits per heavy atom. The van der Waals surface area contributed by atoms with Crippen molar-refractivity contribution < 1.29 is 74.1 Å². The molecular formula is C61H62N6O16. The number of carboxylic acid groups (broad SMARTS) is 1. The fourth-order valence-corrected chi connectivity index (χ4v) is 16.1. The zero-order valence-electron chi connectivity index (χ0n) is 44.7. The summed E-state index contributed by atoms with van der Waals surface area (Å²) in [4.78, 5) is 31.4. The second-order valence-electron chi connectivity index (χ2n) is 23.4. The van der Waals surface area contributed by atoms with Crippen molar-refractivity contribution in [3.05, 3.63) is 164 Å². The van der Waals surface area contributed by atoms with Crippen molar-refractivity contribution in [3.8, 4) is 40.1 Å². The summed E-state index contributed by atoms with van der Waals surface area (Å²) in [5, 5.41) is 118. The van der Waals surface area contributed by atoms with Gasteiger partial charge in [0.2, 0.25) is 18.3 Å². The molecule has 0 amide bonds. The molecule has 1 spiro atoms. The second-order valence-corrected chi connectivity index (χ2v) is 23.4. The molecular weight excluding hydrogens is 1070 g/mol. The van der Waals surface area contributed by atoms with E-state index >= 15 is 0 Å².